The predicted molar refractivity (Wildman–Crippen MR) is 147 cm³/mol. The molecule has 1 saturated heterocycles. The molecule has 0 amide bonds. The Kier molecular flexibility index (Phi) is 8.36. The van der Waals surface area contributed by atoms with Crippen molar-refractivity contribution in [3.05, 3.63) is 12.2 Å². The molecular weight excluding hydrogens is 564 g/mol. The number of allylic oxidation sites excluding steroid dienone is 1. The van der Waals surface area contributed by atoms with E-state index in [1.165, 1.54) is 33.8 Å². The molecule has 2 bridgehead atoms. The molecule has 0 unspecified atom stereocenters. The van der Waals surface area contributed by atoms with Crippen molar-refractivity contribution >= 4 is 35.6 Å². The Morgan fingerprint density at radius 3 is 2.14 bits per heavy atom. The van der Waals surface area contributed by atoms with E-state index in [2.05, 4.69) is 0 Å². The molecule has 12 nitrogen and oxygen atoms in total. The quantitative estimate of drug-likeness (QED) is 0.309. The van der Waals surface area contributed by atoms with Crippen LogP contribution in [0.5, 0.6) is 0 Å². The van der Waals surface area contributed by atoms with Crippen LogP contribution < -0.4 is 0 Å². The molecule has 4 aliphatic rings. The summed E-state index contributed by atoms with van der Waals surface area (Å²) in [6.07, 6.45) is -0.624. The summed E-state index contributed by atoms with van der Waals surface area (Å²) >= 11 is 0. The van der Waals surface area contributed by atoms with Gasteiger partial charge in [-0.15, -0.1) is 0 Å². The van der Waals surface area contributed by atoms with Crippen molar-refractivity contribution in [1.29, 1.82) is 0 Å². The Bertz CT molecular complexity index is 1250. The number of rotatable bonds is 7. The van der Waals surface area contributed by atoms with Gasteiger partial charge >= 0.3 is 29.8 Å². The number of ether oxygens (including phenoxy) is 6. The fourth-order valence-corrected chi connectivity index (χ4v) is 8.53. The first-order valence-corrected chi connectivity index (χ1v) is 14.7. The highest BCUT2D eigenvalue weighted by Crippen LogP contribution is 2.68. The molecule has 0 aromatic heterocycles. The Labute approximate surface area is 251 Å². The van der Waals surface area contributed by atoms with Crippen LogP contribution in [-0.4, -0.2) is 77.4 Å². The lowest BCUT2D eigenvalue weighted by molar-refractivity contribution is -0.244. The third-order valence-electron chi connectivity index (χ3n) is 9.66. The van der Waals surface area contributed by atoms with E-state index in [1.807, 2.05) is 0 Å². The molecule has 12 heteroatoms. The molecule has 238 valence electrons. The largest absolute Gasteiger partial charge is 0.461 e. The summed E-state index contributed by atoms with van der Waals surface area (Å²) in [4.78, 5) is 77.9. The fraction of sp³-hybridized carbons (Fsp3) is 0.742. The number of hydrogen-bond acceptors (Lipinski definition) is 12. The van der Waals surface area contributed by atoms with Crippen LogP contribution in [0.3, 0.4) is 0 Å². The van der Waals surface area contributed by atoms with Gasteiger partial charge in [0.15, 0.2) is 17.5 Å². The van der Waals surface area contributed by atoms with Crippen LogP contribution in [0.4, 0.5) is 0 Å². The molecule has 0 aromatic rings. The van der Waals surface area contributed by atoms with Gasteiger partial charge < -0.3 is 28.4 Å². The van der Waals surface area contributed by atoms with E-state index >= 15 is 0 Å². The highest BCUT2D eigenvalue weighted by molar-refractivity contribution is 5.98. The lowest BCUT2D eigenvalue weighted by atomic mass is 9.54. The molecule has 0 N–H and O–H groups in total. The molecule has 0 radical (unpaired) electrons. The molecule has 10 atom stereocenters. The van der Waals surface area contributed by atoms with Crippen LogP contribution in [0.15, 0.2) is 12.2 Å². The number of esters is 5. The third kappa shape index (κ3) is 5.05. The maximum Gasteiger partial charge on any atom is 0.305 e. The molecule has 3 aliphatic carbocycles. The Hall–Kier alpha value is -3.28. The molecule has 0 aromatic carbocycles. The molecular formula is C31H42O12. The normalized spacial score (nSPS) is 39.6. The summed E-state index contributed by atoms with van der Waals surface area (Å²) in [5.41, 5.74) is -6.13. The lowest BCUT2D eigenvalue weighted by Gasteiger charge is -2.50. The van der Waals surface area contributed by atoms with Gasteiger partial charge in [-0.3, -0.25) is 28.8 Å². The minimum Gasteiger partial charge on any atom is -0.461 e. The Morgan fingerprint density at radius 2 is 1.60 bits per heavy atom. The first-order chi connectivity index (χ1) is 19.9. The second kappa shape index (κ2) is 11.0. The summed E-state index contributed by atoms with van der Waals surface area (Å²) in [5.74, 6) is -6.94. The number of fused-ring (bicyclic) bond motifs is 1. The first kappa shape index (κ1) is 32.6. The van der Waals surface area contributed by atoms with E-state index in [0.717, 1.165) is 0 Å². The van der Waals surface area contributed by atoms with Crippen LogP contribution in [0.25, 0.3) is 0 Å². The van der Waals surface area contributed by atoms with E-state index in [1.54, 1.807) is 40.7 Å². The Balaban J connectivity index is 2.13. The van der Waals surface area contributed by atoms with Gasteiger partial charge in [0, 0.05) is 46.0 Å². The summed E-state index contributed by atoms with van der Waals surface area (Å²) in [7, 11) is 0. The summed E-state index contributed by atoms with van der Waals surface area (Å²) < 4.78 is 36.6. The smallest absolute Gasteiger partial charge is 0.305 e. The summed E-state index contributed by atoms with van der Waals surface area (Å²) in [5, 5.41) is 0. The summed E-state index contributed by atoms with van der Waals surface area (Å²) in [6.45, 7) is 13.1. The number of hydrogen-bond donors (Lipinski definition) is 0. The van der Waals surface area contributed by atoms with E-state index < -0.39 is 99.8 Å². The standard InChI is InChI=1S/C31H42O12/c1-10-22(37)41-24-15(2)13-31(43-19(6)35)23(24)26(39-16(3)32)30-14-38-29(9,27(31)40-17(4)33)25(30)20(11-12-21(30)36)28(7,8)42-18(5)34/h11-12,15,20,23-27H,10,13-14H2,1-9H3/t15-,20-,23+,24-,25-,26+,27-,29+,30+,31+/m0/s1. The minimum atomic E-state index is -1.74. The molecule has 0 spiro atoms. The molecule has 3 fully saturated rings. The predicted octanol–water partition coefficient (Wildman–Crippen LogP) is 2.63. The van der Waals surface area contributed by atoms with Crippen LogP contribution in [0.1, 0.15) is 75.2 Å². The molecule has 1 heterocycles. The average molecular weight is 607 g/mol. The maximum atomic E-state index is 14.3. The van der Waals surface area contributed by atoms with Crippen molar-refractivity contribution in [2.45, 2.75) is 110 Å². The zero-order valence-corrected chi connectivity index (χ0v) is 26.2. The van der Waals surface area contributed by atoms with Crippen LogP contribution in [0.2, 0.25) is 0 Å². The van der Waals surface area contributed by atoms with Gasteiger partial charge in [-0.2, -0.15) is 0 Å². The Morgan fingerprint density at radius 1 is 0.977 bits per heavy atom. The van der Waals surface area contributed by atoms with Gasteiger partial charge in [0.2, 0.25) is 0 Å². The van der Waals surface area contributed by atoms with Gasteiger partial charge in [0.25, 0.3) is 0 Å². The molecule has 4 rings (SSSR count). The molecule has 2 saturated carbocycles. The fourth-order valence-electron chi connectivity index (χ4n) is 8.53. The monoisotopic (exact) mass is 606 g/mol. The van der Waals surface area contributed by atoms with Crippen molar-refractivity contribution in [1.82, 2.24) is 0 Å². The van der Waals surface area contributed by atoms with E-state index in [-0.39, 0.29) is 19.4 Å². The first-order valence-electron chi connectivity index (χ1n) is 14.7. The van der Waals surface area contributed by atoms with Crippen molar-refractivity contribution in [3.8, 4) is 0 Å². The lowest BCUT2D eigenvalue weighted by Crippen LogP contribution is -2.64. The van der Waals surface area contributed by atoms with Crippen molar-refractivity contribution in [2.75, 3.05) is 6.61 Å². The van der Waals surface area contributed by atoms with Gasteiger partial charge in [0.05, 0.1) is 12.5 Å². The zero-order valence-electron chi connectivity index (χ0n) is 26.2. The van der Waals surface area contributed by atoms with Gasteiger partial charge in [0.1, 0.15) is 28.8 Å². The third-order valence-corrected chi connectivity index (χ3v) is 9.66. The molecule has 1 aliphatic heterocycles. The number of carbonyl (C=O) groups excluding carboxylic acids is 6. The van der Waals surface area contributed by atoms with Gasteiger partial charge in [-0.05, 0) is 39.2 Å². The zero-order chi connectivity index (χ0) is 32.3. The second-order valence-electron chi connectivity index (χ2n) is 13.0. The maximum absolute atomic E-state index is 14.3. The highest BCUT2D eigenvalue weighted by Gasteiger charge is 2.82. The van der Waals surface area contributed by atoms with E-state index in [0.29, 0.717) is 0 Å². The topological polar surface area (TPSA) is 158 Å². The SMILES string of the molecule is CCC(=O)O[C@@H]1[C@@H]2[C@@H](OC(C)=O)[C@@]34CO[C@@](C)([C@H](OC(C)=O)[C@@]2(OC(C)=O)C[C@@H]1C)[C@@H]3[C@@H](C(C)(C)OC(C)=O)C=CC4=O. The van der Waals surface area contributed by atoms with Crippen LogP contribution in [0, 0.1) is 29.1 Å². The second-order valence-corrected chi connectivity index (χ2v) is 13.0. The van der Waals surface area contributed by atoms with Crippen LogP contribution in [-0.2, 0) is 57.2 Å². The van der Waals surface area contributed by atoms with Crippen molar-refractivity contribution < 1.29 is 57.2 Å². The van der Waals surface area contributed by atoms with Crippen molar-refractivity contribution in [3.63, 3.8) is 0 Å². The van der Waals surface area contributed by atoms with Crippen molar-refractivity contribution in [2.24, 2.45) is 29.1 Å². The average Bonchev–Trinajstić information content (AvgIpc) is 3.31. The van der Waals surface area contributed by atoms with E-state index in [9.17, 15) is 28.8 Å². The van der Waals surface area contributed by atoms with Crippen LogP contribution >= 0.6 is 0 Å². The number of carbonyl (C=O) groups is 6. The number of ketones is 1. The van der Waals surface area contributed by atoms with Gasteiger partial charge in [-0.25, -0.2) is 0 Å². The molecule has 43 heavy (non-hydrogen) atoms. The minimum absolute atomic E-state index is 0.0377. The van der Waals surface area contributed by atoms with Gasteiger partial charge in [-0.1, -0.05) is 19.9 Å². The van der Waals surface area contributed by atoms with E-state index in [4.69, 9.17) is 28.4 Å². The summed E-state index contributed by atoms with van der Waals surface area (Å²) in [6, 6.07) is 0. The highest BCUT2D eigenvalue weighted by atomic mass is 16.6.